The van der Waals surface area contributed by atoms with Crippen LogP contribution in [0.3, 0.4) is 0 Å². The van der Waals surface area contributed by atoms with Gasteiger partial charge in [0.25, 0.3) is 10.2 Å². The highest BCUT2D eigenvalue weighted by atomic mass is 35.5. The molecule has 0 unspecified atom stereocenters. The van der Waals surface area contributed by atoms with Crippen molar-refractivity contribution in [3.8, 4) is 0 Å². The molecule has 0 spiro atoms. The van der Waals surface area contributed by atoms with Crippen LogP contribution in [0.15, 0.2) is 24.3 Å². The number of piperazine rings is 1. The third-order valence-electron chi connectivity index (χ3n) is 3.75. The zero-order valence-electron chi connectivity index (χ0n) is 12.5. The second kappa shape index (κ2) is 7.07. The fourth-order valence-corrected chi connectivity index (χ4v) is 3.57. The summed E-state index contributed by atoms with van der Waals surface area (Å²) in [5, 5.41) is 0.751. The van der Waals surface area contributed by atoms with Crippen LogP contribution < -0.4 is 0 Å². The fraction of sp³-hybridized carbons (Fsp3) is 0.571. The molecule has 7 heteroatoms. The van der Waals surface area contributed by atoms with E-state index in [9.17, 15) is 8.42 Å². The molecule has 0 atom stereocenters. The van der Waals surface area contributed by atoms with Gasteiger partial charge in [-0.2, -0.15) is 17.0 Å². The molecule has 1 aromatic carbocycles. The van der Waals surface area contributed by atoms with Crippen LogP contribution in [0, 0.1) is 0 Å². The molecule has 1 heterocycles. The van der Waals surface area contributed by atoms with Crippen molar-refractivity contribution < 1.29 is 8.42 Å². The second-order valence-electron chi connectivity index (χ2n) is 5.41. The predicted molar refractivity (Wildman–Crippen MR) is 85.8 cm³/mol. The maximum Gasteiger partial charge on any atom is 0.281 e. The van der Waals surface area contributed by atoms with Gasteiger partial charge in [0.05, 0.1) is 0 Å². The topological polar surface area (TPSA) is 43.9 Å². The lowest BCUT2D eigenvalue weighted by molar-refractivity contribution is 0.185. The van der Waals surface area contributed by atoms with Gasteiger partial charge in [0, 0.05) is 51.8 Å². The van der Waals surface area contributed by atoms with Gasteiger partial charge in [0.15, 0.2) is 0 Å². The molecule has 0 radical (unpaired) electrons. The van der Waals surface area contributed by atoms with E-state index in [4.69, 9.17) is 11.6 Å². The Kier molecular flexibility index (Phi) is 5.62. The molecule has 1 saturated heterocycles. The minimum atomic E-state index is -3.27. The van der Waals surface area contributed by atoms with E-state index in [-0.39, 0.29) is 0 Å². The first kappa shape index (κ1) is 16.7. The van der Waals surface area contributed by atoms with Crippen LogP contribution in [0.5, 0.6) is 0 Å². The van der Waals surface area contributed by atoms with Crippen LogP contribution in [0.4, 0.5) is 0 Å². The largest absolute Gasteiger partial charge is 0.300 e. The molecule has 0 bridgehead atoms. The van der Waals surface area contributed by atoms with Crippen molar-refractivity contribution in [2.24, 2.45) is 0 Å². The van der Waals surface area contributed by atoms with Crippen LogP contribution in [-0.4, -0.2) is 68.7 Å². The SMILES string of the molecule is CN(C)S(=O)(=O)N1CCN(CCc2ccc(Cl)cc2)CC1. The molecule has 2 rings (SSSR count). The molecular formula is C14H22ClN3O2S. The highest BCUT2D eigenvalue weighted by Gasteiger charge is 2.28. The lowest BCUT2D eigenvalue weighted by atomic mass is 10.1. The molecule has 1 aromatic rings. The van der Waals surface area contributed by atoms with Gasteiger partial charge in [-0.3, -0.25) is 0 Å². The van der Waals surface area contributed by atoms with E-state index < -0.39 is 10.2 Å². The second-order valence-corrected chi connectivity index (χ2v) is 7.99. The standard InChI is InChI=1S/C14H22ClN3O2S/c1-16(2)21(19,20)18-11-9-17(10-12-18)8-7-13-3-5-14(15)6-4-13/h3-6H,7-12H2,1-2H3. The van der Waals surface area contributed by atoms with E-state index in [0.717, 1.165) is 31.1 Å². The van der Waals surface area contributed by atoms with Gasteiger partial charge >= 0.3 is 0 Å². The molecular weight excluding hydrogens is 310 g/mol. The number of hydrogen-bond acceptors (Lipinski definition) is 3. The summed E-state index contributed by atoms with van der Waals surface area (Å²) < 4.78 is 26.9. The summed E-state index contributed by atoms with van der Waals surface area (Å²) in [6, 6.07) is 7.88. The van der Waals surface area contributed by atoms with E-state index in [1.807, 2.05) is 24.3 Å². The average molecular weight is 332 g/mol. The van der Waals surface area contributed by atoms with Crippen molar-refractivity contribution >= 4 is 21.8 Å². The number of hydrogen-bond donors (Lipinski definition) is 0. The summed E-state index contributed by atoms with van der Waals surface area (Å²) in [6.45, 7) is 3.61. The van der Waals surface area contributed by atoms with E-state index in [1.165, 1.54) is 9.87 Å². The molecule has 1 fully saturated rings. The van der Waals surface area contributed by atoms with Gasteiger partial charge in [-0.05, 0) is 24.1 Å². The lowest BCUT2D eigenvalue weighted by Gasteiger charge is -2.35. The van der Waals surface area contributed by atoms with Crippen molar-refractivity contribution in [3.63, 3.8) is 0 Å². The van der Waals surface area contributed by atoms with E-state index >= 15 is 0 Å². The van der Waals surface area contributed by atoms with Gasteiger partial charge < -0.3 is 4.90 Å². The summed E-state index contributed by atoms with van der Waals surface area (Å²) in [6.07, 6.45) is 0.956. The van der Waals surface area contributed by atoms with Crippen LogP contribution in [-0.2, 0) is 16.6 Å². The fourth-order valence-electron chi connectivity index (χ4n) is 2.35. The summed E-state index contributed by atoms with van der Waals surface area (Å²) in [5.74, 6) is 0. The Morgan fingerprint density at radius 3 is 2.19 bits per heavy atom. The van der Waals surface area contributed by atoms with Gasteiger partial charge in [-0.1, -0.05) is 23.7 Å². The maximum absolute atomic E-state index is 12.0. The Morgan fingerprint density at radius 1 is 1.10 bits per heavy atom. The highest BCUT2D eigenvalue weighted by molar-refractivity contribution is 7.86. The normalized spacial score (nSPS) is 18.3. The third-order valence-corrected chi connectivity index (χ3v) is 5.94. The molecule has 0 saturated carbocycles. The third kappa shape index (κ3) is 4.40. The van der Waals surface area contributed by atoms with Crippen molar-refractivity contribution in [1.29, 1.82) is 0 Å². The number of benzene rings is 1. The van der Waals surface area contributed by atoms with Gasteiger partial charge in [0.2, 0.25) is 0 Å². The molecule has 0 aliphatic carbocycles. The van der Waals surface area contributed by atoms with E-state index in [2.05, 4.69) is 4.90 Å². The van der Waals surface area contributed by atoms with Crippen molar-refractivity contribution in [1.82, 2.24) is 13.5 Å². The molecule has 5 nitrogen and oxygen atoms in total. The van der Waals surface area contributed by atoms with Gasteiger partial charge in [-0.15, -0.1) is 0 Å². The van der Waals surface area contributed by atoms with Crippen molar-refractivity contribution in [2.75, 3.05) is 46.8 Å². The lowest BCUT2D eigenvalue weighted by Crippen LogP contribution is -2.51. The first-order valence-corrected chi connectivity index (χ1v) is 8.81. The Balaban J connectivity index is 1.81. The zero-order chi connectivity index (χ0) is 15.5. The molecule has 1 aliphatic rings. The van der Waals surface area contributed by atoms with Crippen LogP contribution in [0.2, 0.25) is 5.02 Å². The average Bonchev–Trinajstić information content (AvgIpc) is 2.47. The quantitative estimate of drug-likeness (QED) is 0.817. The van der Waals surface area contributed by atoms with Crippen molar-refractivity contribution in [2.45, 2.75) is 6.42 Å². The van der Waals surface area contributed by atoms with Gasteiger partial charge in [0.1, 0.15) is 0 Å². The minimum Gasteiger partial charge on any atom is -0.300 e. The van der Waals surface area contributed by atoms with Crippen LogP contribution in [0.25, 0.3) is 0 Å². The zero-order valence-corrected chi connectivity index (χ0v) is 14.1. The summed E-state index contributed by atoms with van der Waals surface area (Å²) in [7, 11) is -0.127. The van der Waals surface area contributed by atoms with Crippen molar-refractivity contribution in [3.05, 3.63) is 34.9 Å². The smallest absolute Gasteiger partial charge is 0.281 e. The molecule has 0 amide bonds. The Bertz CT molecular complexity index is 552. The first-order chi connectivity index (χ1) is 9.89. The molecule has 118 valence electrons. The highest BCUT2D eigenvalue weighted by Crippen LogP contribution is 2.12. The van der Waals surface area contributed by atoms with E-state index in [1.54, 1.807) is 18.4 Å². The van der Waals surface area contributed by atoms with E-state index in [0.29, 0.717) is 13.1 Å². The van der Waals surface area contributed by atoms with Gasteiger partial charge in [-0.25, -0.2) is 0 Å². The number of nitrogens with zero attached hydrogens (tertiary/aromatic N) is 3. The van der Waals surface area contributed by atoms with Crippen LogP contribution >= 0.6 is 11.6 Å². The Hall–Kier alpha value is -0.660. The number of halogens is 1. The molecule has 0 N–H and O–H groups in total. The summed E-state index contributed by atoms with van der Waals surface area (Å²) in [5.41, 5.74) is 1.25. The number of rotatable bonds is 5. The Morgan fingerprint density at radius 2 is 1.67 bits per heavy atom. The minimum absolute atomic E-state index is 0.557. The summed E-state index contributed by atoms with van der Waals surface area (Å²) in [4.78, 5) is 2.30. The predicted octanol–water partition coefficient (Wildman–Crippen LogP) is 1.31. The molecule has 0 aromatic heterocycles. The maximum atomic E-state index is 12.0. The van der Waals surface area contributed by atoms with Crippen LogP contribution in [0.1, 0.15) is 5.56 Å². The Labute approximate surface area is 132 Å². The first-order valence-electron chi connectivity index (χ1n) is 7.04. The molecule has 21 heavy (non-hydrogen) atoms. The molecule has 1 aliphatic heterocycles. The summed E-state index contributed by atoms with van der Waals surface area (Å²) >= 11 is 5.87. The monoisotopic (exact) mass is 331 g/mol.